The summed E-state index contributed by atoms with van der Waals surface area (Å²) in [6.07, 6.45) is 9.93. The van der Waals surface area contributed by atoms with Crippen LogP contribution in [0, 0.1) is 5.92 Å². The van der Waals surface area contributed by atoms with E-state index in [2.05, 4.69) is 9.88 Å². The number of nitrogens with two attached hydrogens (primary N) is 1. The third kappa shape index (κ3) is 3.18. The van der Waals surface area contributed by atoms with E-state index in [9.17, 15) is 4.79 Å². The molecule has 0 saturated heterocycles. The summed E-state index contributed by atoms with van der Waals surface area (Å²) in [5.74, 6) is 0.447. The molecule has 2 saturated carbocycles. The Labute approximate surface area is 120 Å². The maximum Gasteiger partial charge on any atom is 0.226 e. The number of hydrogen-bond donors (Lipinski definition) is 1. The summed E-state index contributed by atoms with van der Waals surface area (Å²) in [7, 11) is 0. The molecule has 0 spiro atoms. The van der Waals surface area contributed by atoms with Crippen LogP contribution in [0.2, 0.25) is 0 Å². The van der Waals surface area contributed by atoms with E-state index < -0.39 is 0 Å². The van der Waals surface area contributed by atoms with E-state index in [1.165, 1.54) is 0 Å². The van der Waals surface area contributed by atoms with E-state index in [-0.39, 0.29) is 12.0 Å². The van der Waals surface area contributed by atoms with Crippen LogP contribution in [0.25, 0.3) is 0 Å². The van der Waals surface area contributed by atoms with Crippen molar-refractivity contribution in [3.63, 3.8) is 0 Å². The zero-order valence-electron chi connectivity index (χ0n) is 11.9. The number of carbonyl (C=O) groups excluding carboxylic acids is 1. The number of pyridine rings is 1. The number of carbonyl (C=O) groups is 1. The van der Waals surface area contributed by atoms with Gasteiger partial charge < -0.3 is 10.6 Å². The van der Waals surface area contributed by atoms with Gasteiger partial charge in [0.15, 0.2) is 0 Å². The van der Waals surface area contributed by atoms with Gasteiger partial charge in [0.2, 0.25) is 5.91 Å². The summed E-state index contributed by atoms with van der Waals surface area (Å²) in [6, 6.07) is 4.63. The molecular weight excluding hydrogens is 250 g/mol. The minimum atomic E-state index is 0.135. The van der Waals surface area contributed by atoms with Crippen LogP contribution in [0.4, 0.5) is 0 Å². The van der Waals surface area contributed by atoms with Crippen molar-refractivity contribution in [3.8, 4) is 0 Å². The molecule has 2 N–H and O–H groups in total. The van der Waals surface area contributed by atoms with Crippen molar-refractivity contribution in [2.45, 2.75) is 57.2 Å². The average Bonchev–Trinajstić information content (AvgIpc) is 3.30. The predicted octanol–water partition coefficient (Wildman–Crippen LogP) is 2.09. The zero-order chi connectivity index (χ0) is 13.9. The van der Waals surface area contributed by atoms with E-state index in [1.807, 2.05) is 18.3 Å². The van der Waals surface area contributed by atoms with Gasteiger partial charge in [-0.2, -0.15) is 0 Å². The Kier molecular flexibility index (Phi) is 4.01. The van der Waals surface area contributed by atoms with E-state index in [1.54, 1.807) is 6.20 Å². The van der Waals surface area contributed by atoms with Crippen LogP contribution in [0.3, 0.4) is 0 Å². The Balaban J connectivity index is 1.68. The number of aromatic nitrogens is 1. The lowest BCUT2D eigenvalue weighted by Gasteiger charge is -2.31. The third-order valence-corrected chi connectivity index (χ3v) is 4.41. The van der Waals surface area contributed by atoms with E-state index in [0.717, 1.165) is 44.1 Å². The number of rotatable bonds is 4. The van der Waals surface area contributed by atoms with Crippen LogP contribution < -0.4 is 5.73 Å². The van der Waals surface area contributed by atoms with Gasteiger partial charge in [-0.15, -0.1) is 0 Å². The highest BCUT2D eigenvalue weighted by atomic mass is 16.2. The number of nitrogens with zero attached hydrogens (tertiary/aromatic N) is 2. The molecule has 4 nitrogen and oxygen atoms in total. The van der Waals surface area contributed by atoms with Crippen LogP contribution in [0.5, 0.6) is 0 Å². The molecule has 0 aliphatic heterocycles. The third-order valence-electron chi connectivity index (χ3n) is 4.41. The Morgan fingerprint density at radius 1 is 1.35 bits per heavy atom. The molecule has 1 heterocycles. The highest BCUT2D eigenvalue weighted by Crippen LogP contribution is 2.33. The number of hydrogen-bond acceptors (Lipinski definition) is 3. The first-order valence-electron chi connectivity index (χ1n) is 7.69. The van der Waals surface area contributed by atoms with Gasteiger partial charge in [0.25, 0.3) is 0 Å². The fraction of sp³-hybridized carbons (Fsp3) is 0.625. The normalized spacial score (nSPS) is 26.2. The fourth-order valence-corrected chi connectivity index (χ4v) is 3.15. The summed E-state index contributed by atoms with van der Waals surface area (Å²) in [4.78, 5) is 19.0. The topological polar surface area (TPSA) is 59.2 Å². The molecule has 20 heavy (non-hydrogen) atoms. The molecule has 0 aromatic carbocycles. The summed E-state index contributed by atoms with van der Waals surface area (Å²) < 4.78 is 0. The molecule has 0 radical (unpaired) electrons. The lowest BCUT2D eigenvalue weighted by atomic mass is 9.85. The second-order valence-corrected chi connectivity index (χ2v) is 6.18. The van der Waals surface area contributed by atoms with Gasteiger partial charge in [0, 0.05) is 36.9 Å². The monoisotopic (exact) mass is 273 g/mol. The average molecular weight is 273 g/mol. The molecular formula is C16H23N3O. The molecule has 108 valence electrons. The molecule has 2 fully saturated rings. The Bertz CT molecular complexity index is 458. The summed E-state index contributed by atoms with van der Waals surface area (Å²) in [6.45, 7) is 0.697. The van der Waals surface area contributed by atoms with Gasteiger partial charge in [0.05, 0.1) is 0 Å². The standard InChI is InChI=1S/C16H23N3O/c17-14-5-1-4-13(9-14)16(20)19(15-6-7-15)11-12-3-2-8-18-10-12/h2-3,8,10,13-15H,1,4-7,9,11,17H2. The Morgan fingerprint density at radius 3 is 2.85 bits per heavy atom. The largest absolute Gasteiger partial charge is 0.335 e. The van der Waals surface area contributed by atoms with E-state index >= 15 is 0 Å². The van der Waals surface area contributed by atoms with E-state index in [4.69, 9.17) is 5.73 Å². The van der Waals surface area contributed by atoms with E-state index in [0.29, 0.717) is 18.5 Å². The minimum absolute atomic E-state index is 0.135. The highest BCUT2D eigenvalue weighted by molar-refractivity contribution is 5.79. The first-order chi connectivity index (χ1) is 9.74. The maximum absolute atomic E-state index is 12.8. The molecule has 2 aliphatic carbocycles. The van der Waals surface area contributed by atoms with Gasteiger partial charge in [-0.1, -0.05) is 12.5 Å². The van der Waals surface area contributed by atoms with Crippen LogP contribution >= 0.6 is 0 Å². The molecule has 2 unspecified atom stereocenters. The van der Waals surface area contributed by atoms with Gasteiger partial charge >= 0.3 is 0 Å². The van der Waals surface area contributed by atoms with Crippen molar-refractivity contribution >= 4 is 5.91 Å². The van der Waals surface area contributed by atoms with Crippen molar-refractivity contribution in [3.05, 3.63) is 30.1 Å². The first kappa shape index (κ1) is 13.6. The molecule has 1 aromatic heterocycles. The molecule has 1 amide bonds. The molecule has 2 atom stereocenters. The summed E-state index contributed by atoms with van der Waals surface area (Å²) in [5.41, 5.74) is 7.15. The van der Waals surface area contributed by atoms with Gasteiger partial charge in [-0.05, 0) is 43.7 Å². The van der Waals surface area contributed by atoms with Gasteiger partial charge in [0.1, 0.15) is 0 Å². The van der Waals surface area contributed by atoms with Gasteiger partial charge in [-0.25, -0.2) is 0 Å². The second-order valence-electron chi connectivity index (χ2n) is 6.18. The molecule has 2 aliphatic rings. The number of amides is 1. The summed E-state index contributed by atoms with van der Waals surface area (Å²) in [5, 5.41) is 0. The van der Waals surface area contributed by atoms with Crippen molar-refractivity contribution in [2.75, 3.05) is 0 Å². The fourth-order valence-electron chi connectivity index (χ4n) is 3.15. The van der Waals surface area contributed by atoms with Crippen molar-refractivity contribution in [2.24, 2.45) is 11.7 Å². The smallest absolute Gasteiger partial charge is 0.226 e. The predicted molar refractivity (Wildman–Crippen MR) is 77.7 cm³/mol. The maximum atomic E-state index is 12.8. The lowest BCUT2D eigenvalue weighted by Crippen LogP contribution is -2.41. The second kappa shape index (κ2) is 5.92. The molecule has 4 heteroatoms. The van der Waals surface area contributed by atoms with Crippen molar-refractivity contribution in [1.29, 1.82) is 0 Å². The Morgan fingerprint density at radius 2 is 2.20 bits per heavy atom. The quantitative estimate of drug-likeness (QED) is 0.914. The zero-order valence-corrected chi connectivity index (χ0v) is 11.9. The first-order valence-corrected chi connectivity index (χ1v) is 7.69. The summed E-state index contributed by atoms with van der Waals surface area (Å²) >= 11 is 0. The Hall–Kier alpha value is -1.42. The van der Waals surface area contributed by atoms with Crippen LogP contribution in [-0.2, 0) is 11.3 Å². The van der Waals surface area contributed by atoms with Crippen LogP contribution in [0.15, 0.2) is 24.5 Å². The lowest BCUT2D eigenvalue weighted by molar-refractivity contribution is -0.138. The molecule has 0 bridgehead atoms. The van der Waals surface area contributed by atoms with Crippen molar-refractivity contribution in [1.82, 2.24) is 9.88 Å². The van der Waals surface area contributed by atoms with Crippen LogP contribution in [0.1, 0.15) is 44.1 Å². The SMILES string of the molecule is NC1CCCC(C(=O)N(Cc2cccnc2)C2CC2)C1. The van der Waals surface area contributed by atoms with Crippen molar-refractivity contribution < 1.29 is 4.79 Å². The highest BCUT2D eigenvalue weighted by Gasteiger charge is 2.37. The molecule has 3 rings (SSSR count). The van der Waals surface area contributed by atoms with Gasteiger partial charge in [-0.3, -0.25) is 9.78 Å². The minimum Gasteiger partial charge on any atom is -0.335 e. The molecule has 1 aromatic rings. The van der Waals surface area contributed by atoms with Crippen LogP contribution in [-0.4, -0.2) is 27.9 Å².